The van der Waals surface area contributed by atoms with Crippen molar-refractivity contribution in [3.05, 3.63) is 12.2 Å². The van der Waals surface area contributed by atoms with Crippen LogP contribution >= 0.6 is 0 Å². The van der Waals surface area contributed by atoms with E-state index in [1.807, 2.05) is 0 Å². The predicted molar refractivity (Wildman–Crippen MR) is 186 cm³/mol. The number of carbonyl (C=O) groups excluding carboxylic acids is 5. The molecule has 0 saturated carbocycles. The zero-order valence-electron chi connectivity index (χ0n) is 31.2. The van der Waals surface area contributed by atoms with Crippen LogP contribution in [0, 0.1) is 0 Å². The van der Waals surface area contributed by atoms with Gasteiger partial charge in [0.05, 0.1) is 19.3 Å². The second-order valence-electron chi connectivity index (χ2n) is 13.0. The van der Waals surface area contributed by atoms with Crippen molar-refractivity contribution >= 4 is 29.8 Å². The molecule has 0 aliphatic carbocycles. The molecule has 13 nitrogen and oxygen atoms in total. The highest BCUT2D eigenvalue weighted by Crippen LogP contribution is 2.36. The molecule has 1 rings (SSSR count). The van der Waals surface area contributed by atoms with Gasteiger partial charge in [-0.3, -0.25) is 24.0 Å². The molecular formula is C37H63NO12. The van der Waals surface area contributed by atoms with Crippen molar-refractivity contribution in [3.63, 3.8) is 0 Å². The quantitative estimate of drug-likeness (QED) is 0.0508. The van der Waals surface area contributed by atoms with Crippen LogP contribution in [0.1, 0.15) is 138 Å². The molecule has 0 unspecified atom stereocenters. The molecule has 1 heterocycles. The van der Waals surface area contributed by atoms with E-state index in [1.165, 1.54) is 52.4 Å². The van der Waals surface area contributed by atoms with Gasteiger partial charge in [0, 0.05) is 41.0 Å². The summed E-state index contributed by atoms with van der Waals surface area (Å²) < 4.78 is 34.1. The fourth-order valence-corrected chi connectivity index (χ4v) is 6.03. The van der Waals surface area contributed by atoms with Crippen LogP contribution in [0.5, 0.6) is 0 Å². The molecule has 0 aromatic heterocycles. The van der Waals surface area contributed by atoms with E-state index in [2.05, 4.69) is 24.4 Å². The second-order valence-corrected chi connectivity index (χ2v) is 13.0. The first kappa shape index (κ1) is 45.0. The van der Waals surface area contributed by atoms with Gasteiger partial charge in [-0.15, -0.1) is 0 Å². The number of aliphatic hydroxyl groups excluding tert-OH is 1. The summed E-state index contributed by atoms with van der Waals surface area (Å²) in [5.41, 5.74) is 0. The maximum Gasteiger partial charge on any atom is 0.303 e. The van der Waals surface area contributed by atoms with Crippen molar-refractivity contribution in [2.75, 3.05) is 19.8 Å². The SMILES string of the molecule is CCCCCCCC/C=C\CCCCCCCCO[C@]1(CO)C[C@H](OC(C)=O)[C@@H](NC(C)=O)[C@H]([C@H](OC(C)=O)[C@@H](COC(C)=O)OC(C)=O)O1. The van der Waals surface area contributed by atoms with E-state index in [9.17, 15) is 29.1 Å². The first-order valence-corrected chi connectivity index (χ1v) is 18.3. The Kier molecular flexibility index (Phi) is 23.3. The summed E-state index contributed by atoms with van der Waals surface area (Å²) in [6.45, 7) is 7.07. The topological polar surface area (TPSA) is 173 Å². The third-order valence-electron chi connectivity index (χ3n) is 8.33. The minimum atomic E-state index is -1.73. The smallest absolute Gasteiger partial charge is 0.303 e. The van der Waals surface area contributed by atoms with Crippen LogP contribution in [-0.4, -0.2) is 91.0 Å². The lowest BCUT2D eigenvalue weighted by Crippen LogP contribution is -2.68. The number of unbranched alkanes of at least 4 members (excludes halogenated alkanes) is 12. The van der Waals surface area contributed by atoms with E-state index >= 15 is 0 Å². The number of rotatable bonds is 26. The van der Waals surface area contributed by atoms with Gasteiger partial charge in [0.15, 0.2) is 18.0 Å². The Balaban J connectivity index is 2.91. The van der Waals surface area contributed by atoms with Gasteiger partial charge < -0.3 is 38.8 Å². The summed E-state index contributed by atoms with van der Waals surface area (Å²) in [4.78, 5) is 60.5. The van der Waals surface area contributed by atoms with Gasteiger partial charge in [0.25, 0.3) is 0 Å². The van der Waals surface area contributed by atoms with Gasteiger partial charge in [-0.2, -0.15) is 0 Å². The van der Waals surface area contributed by atoms with Gasteiger partial charge in [-0.25, -0.2) is 0 Å². The van der Waals surface area contributed by atoms with Crippen molar-refractivity contribution < 1.29 is 57.5 Å². The average molecular weight is 714 g/mol. The molecule has 1 fully saturated rings. The first-order valence-electron chi connectivity index (χ1n) is 18.3. The number of amides is 1. The van der Waals surface area contributed by atoms with E-state index < -0.39 is 79.2 Å². The van der Waals surface area contributed by atoms with Crippen molar-refractivity contribution in [1.29, 1.82) is 0 Å². The van der Waals surface area contributed by atoms with Crippen LogP contribution in [-0.2, 0) is 52.4 Å². The number of ether oxygens (including phenoxy) is 6. The van der Waals surface area contributed by atoms with Gasteiger partial charge in [0.1, 0.15) is 18.8 Å². The standard InChI is InChI=1S/C37H63NO12/c1-7-8-9-10-11-12-13-14-15-16-17-18-19-20-21-22-23-46-37(26-39)24-32(47-29(4)42)34(38-27(2)40)36(50-37)35(49-31(6)44)33(48-30(5)43)25-45-28(3)41/h14-15,32-36,39H,7-13,16-26H2,1-6H3,(H,38,40)/b15-14-/t32-,33+,34+,35+,36+,37+/m0/s1. The third-order valence-corrected chi connectivity index (χ3v) is 8.33. The van der Waals surface area contributed by atoms with E-state index in [-0.39, 0.29) is 13.0 Å². The Bertz CT molecular complexity index is 1050. The van der Waals surface area contributed by atoms with Gasteiger partial charge >= 0.3 is 23.9 Å². The van der Waals surface area contributed by atoms with E-state index in [0.29, 0.717) is 6.42 Å². The number of carbonyl (C=O) groups is 5. The van der Waals surface area contributed by atoms with Gasteiger partial charge in [0.2, 0.25) is 5.91 Å². The molecule has 0 aromatic carbocycles. The molecule has 0 aromatic rings. The number of hydrogen-bond acceptors (Lipinski definition) is 12. The highest BCUT2D eigenvalue weighted by molar-refractivity contribution is 5.73. The second kappa shape index (κ2) is 25.8. The van der Waals surface area contributed by atoms with Crippen LogP contribution in [0.2, 0.25) is 0 Å². The van der Waals surface area contributed by atoms with Crippen LogP contribution < -0.4 is 5.32 Å². The maximum absolute atomic E-state index is 12.3. The monoisotopic (exact) mass is 713 g/mol. The molecule has 288 valence electrons. The zero-order chi connectivity index (χ0) is 37.4. The number of hydrogen-bond donors (Lipinski definition) is 2. The lowest BCUT2D eigenvalue weighted by molar-refractivity contribution is -0.331. The van der Waals surface area contributed by atoms with Crippen LogP contribution in [0.4, 0.5) is 0 Å². The predicted octanol–water partition coefficient (Wildman–Crippen LogP) is 5.38. The van der Waals surface area contributed by atoms with Crippen molar-refractivity contribution in [2.45, 2.75) is 174 Å². The number of esters is 4. The Labute approximate surface area is 298 Å². The lowest BCUT2D eigenvalue weighted by Gasteiger charge is -2.49. The molecule has 2 N–H and O–H groups in total. The number of allylic oxidation sites excluding steroid dienone is 2. The molecule has 1 aliphatic heterocycles. The summed E-state index contributed by atoms with van der Waals surface area (Å²) in [6.07, 6.45) is 15.1. The molecule has 50 heavy (non-hydrogen) atoms. The highest BCUT2D eigenvalue weighted by Gasteiger charge is 2.55. The van der Waals surface area contributed by atoms with Crippen molar-refractivity contribution in [3.8, 4) is 0 Å². The maximum atomic E-state index is 12.3. The molecule has 1 saturated heterocycles. The molecular weight excluding hydrogens is 650 g/mol. The Morgan fingerprint density at radius 2 is 1.34 bits per heavy atom. The fraction of sp³-hybridized carbons (Fsp3) is 0.811. The van der Waals surface area contributed by atoms with Gasteiger partial charge in [-0.05, 0) is 32.1 Å². The van der Waals surface area contributed by atoms with Crippen molar-refractivity contribution in [1.82, 2.24) is 5.32 Å². The molecule has 13 heteroatoms. The average Bonchev–Trinajstić information content (AvgIpc) is 3.03. The normalized spacial score (nSPS) is 21.6. The van der Waals surface area contributed by atoms with Gasteiger partial charge in [-0.1, -0.05) is 76.9 Å². The summed E-state index contributed by atoms with van der Waals surface area (Å²) in [7, 11) is 0. The largest absolute Gasteiger partial charge is 0.462 e. The minimum absolute atomic E-state index is 0.161. The van der Waals surface area contributed by atoms with E-state index in [4.69, 9.17) is 28.4 Å². The molecule has 0 bridgehead atoms. The summed E-state index contributed by atoms with van der Waals surface area (Å²) in [6, 6.07) is -1.13. The molecule has 0 spiro atoms. The Hall–Kier alpha value is -3.03. The third kappa shape index (κ3) is 19.4. The number of aliphatic hydroxyl groups is 1. The summed E-state index contributed by atoms with van der Waals surface area (Å²) >= 11 is 0. The lowest BCUT2D eigenvalue weighted by atomic mass is 9.88. The molecule has 6 atom stereocenters. The van der Waals surface area contributed by atoms with Crippen LogP contribution in [0.3, 0.4) is 0 Å². The number of nitrogens with one attached hydrogen (secondary N) is 1. The molecule has 1 aliphatic rings. The van der Waals surface area contributed by atoms with Crippen molar-refractivity contribution in [2.24, 2.45) is 0 Å². The van der Waals surface area contributed by atoms with E-state index in [1.54, 1.807) is 0 Å². The summed E-state index contributed by atoms with van der Waals surface area (Å²) in [5.74, 6) is -5.18. The first-order chi connectivity index (χ1) is 23.8. The minimum Gasteiger partial charge on any atom is -0.462 e. The Morgan fingerprint density at radius 1 is 0.780 bits per heavy atom. The zero-order valence-corrected chi connectivity index (χ0v) is 31.2. The van der Waals surface area contributed by atoms with E-state index in [0.717, 1.165) is 65.7 Å². The van der Waals surface area contributed by atoms with Crippen LogP contribution in [0.15, 0.2) is 12.2 Å². The van der Waals surface area contributed by atoms with Crippen LogP contribution in [0.25, 0.3) is 0 Å². The Morgan fingerprint density at radius 3 is 1.84 bits per heavy atom. The summed E-state index contributed by atoms with van der Waals surface area (Å²) in [5, 5.41) is 13.3. The molecule has 0 radical (unpaired) electrons. The molecule has 1 amide bonds. The highest BCUT2D eigenvalue weighted by atomic mass is 16.7. The fourth-order valence-electron chi connectivity index (χ4n) is 6.03.